The zero-order valence-electron chi connectivity index (χ0n) is 15.5. The van der Waals surface area contributed by atoms with Crippen molar-refractivity contribution in [2.45, 2.75) is 12.8 Å². The molecule has 4 rings (SSSR count). The van der Waals surface area contributed by atoms with Crippen LogP contribution in [0.2, 0.25) is 5.02 Å². The highest BCUT2D eigenvalue weighted by molar-refractivity contribution is 7.18. The molecule has 6 nitrogen and oxygen atoms in total. The van der Waals surface area contributed by atoms with Crippen LogP contribution in [0.3, 0.4) is 0 Å². The molecule has 0 unspecified atom stereocenters. The molecule has 2 amide bonds. The summed E-state index contributed by atoms with van der Waals surface area (Å²) in [6.45, 7) is 0. The monoisotopic (exact) mass is 442 g/mol. The van der Waals surface area contributed by atoms with Crippen molar-refractivity contribution in [2.24, 2.45) is 0 Å². The molecule has 0 fully saturated rings. The zero-order chi connectivity index (χ0) is 21.1. The number of benzene rings is 2. The lowest BCUT2D eigenvalue weighted by atomic mass is 10.1. The Bertz CT molecular complexity index is 1220. The molecule has 0 aliphatic rings. The van der Waals surface area contributed by atoms with Gasteiger partial charge in [-0.3, -0.25) is 14.7 Å². The predicted molar refractivity (Wildman–Crippen MR) is 116 cm³/mol. The average Bonchev–Trinajstić information content (AvgIpc) is 3.25. The Morgan fingerprint density at radius 3 is 2.57 bits per heavy atom. The quantitative estimate of drug-likeness (QED) is 0.401. The molecular weight excluding hydrogens is 427 g/mol. The van der Waals surface area contributed by atoms with Crippen LogP contribution in [0.25, 0.3) is 10.2 Å². The minimum Gasteiger partial charge on any atom is -0.326 e. The van der Waals surface area contributed by atoms with Gasteiger partial charge in [0.15, 0.2) is 0 Å². The van der Waals surface area contributed by atoms with E-state index < -0.39 is 0 Å². The van der Waals surface area contributed by atoms with Crippen LogP contribution >= 0.6 is 22.9 Å². The molecule has 0 bridgehead atoms. The Morgan fingerprint density at radius 1 is 1.03 bits per heavy atom. The van der Waals surface area contributed by atoms with E-state index in [2.05, 4.69) is 20.8 Å². The number of fused-ring (bicyclic) bond motifs is 1. The molecule has 3 N–H and O–H groups in total. The van der Waals surface area contributed by atoms with Crippen LogP contribution in [0, 0.1) is 5.82 Å². The lowest BCUT2D eigenvalue weighted by Gasteiger charge is -2.04. The number of nitrogens with zero attached hydrogens (tertiary/aromatic N) is 1. The zero-order valence-corrected chi connectivity index (χ0v) is 17.1. The molecule has 2 aromatic heterocycles. The van der Waals surface area contributed by atoms with Gasteiger partial charge in [-0.05, 0) is 42.0 Å². The summed E-state index contributed by atoms with van der Waals surface area (Å²) in [5, 5.41) is 13.9. The fraction of sp³-hybridized carbons (Fsp3) is 0.0952. The highest BCUT2D eigenvalue weighted by Gasteiger charge is 2.15. The van der Waals surface area contributed by atoms with Crippen LogP contribution in [-0.2, 0) is 22.4 Å². The van der Waals surface area contributed by atoms with E-state index in [1.165, 1.54) is 23.5 Å². The third-order valence-corrected chi connectivity index (χ3v) is 5.55. The van der Waals surface area contributed by atoms with Crippen molar-refractivity contribution in [2.75, 3.05) is 10.6 Å². The molecule has 2 aromatic carbocycles. The Kier molecular flexibility index (Phi) is 5.78. The summed E-state index contributed by atoms with van der Waals surface area (Å²) in [7, 11) is 0. The Hall–Kier alpha value is -3.23. The summed E-state index contributed by atoms with van der Waals surface area (Å²) in [6.07, 6.45) is 0.288. The molecule has 0 aliphatic heterocycles. The van der Waals surface area contributed by atoms with Crippen molar-refractivity contribution in [3.8, 4) is 0 Å². The number of halogens is 2. The van der Waals surface area contributed by atoms with Crippen molar-refractivity contribution in [3.63, 3.8) is 0 Å². The first-order valence-corrected chi connectivity index (χ1v) is 10.2. The predicted octanol–water partition coefficient (Wildman–Crippen LogP) is 4.78. The highest BCUT2D eigenvalue weighted by Crippen LogP contribution is 2.30. The number of thiophene rings is 1. The smallest absolute Gasteiger partial charge is 0.229 e. The second-order valence-corrected chi connectivity index (χ2v) is 8.17. The maximum Gasteiger partial charge on any atom is 0.229 e. The second kappa shape index (κ2) is 8.64. The fourth-order valence-electron chi connectivity index (χ4n) is 2.94. The lowest BCUT2D eigenvalue weighted by molar-refractivity contribution is -0.116. The third kappa shape index (κ3) is 4.84. The average molecular weight is 443 g/mol. The number of H-pyrrole nitrogens is 1. The topological polar surface area (TPSA) is 86.9 Å². The van der Waals surface area contributed by atoms with Crippen molar-refractivity contribution in [1.82, 2.24) is 10.2 Å². The maximum atomic E-state index is 13.0. The van der Waals surface area contributed by atoms with E-state index in [1.807, 2.05) is 6.07 Å². The number of carbonyl (C=O) groups excluding carboxylic acids is 2. The minimum atomic E-state index is -0.348. The van der Waals surface area contributed by atoms with Crippen LogP contribution < -0.4 is 10.6 Å². The number of carbonyl (C=O) groups is 2. The van der Waals surface area contributed by atoms with Gasteiger partial charge >= 0.3 is 0 Å². The van der Waals surface area contributed by atoms with Crippen molar-refractivity contribution < 1.29 is 14.0 Å². The van der Waals surface area contributed by atoms with Crippen molar-refractivity contribution in [3.05, 3.63) is 75.9 Å². The summed E-state index contributed by atoms with van der Waals surface area (Å²) in [4.78, 5) is 26.1. The number of hydrogen-bond donors (Lipinski definition) is 3. The summed E-state index contributed by atoms with van der Waals surface area (Å²) >= 11 is 7.30. The largest absolute Gasteiger partial charge is 0.326 e. The number of aromatic amines is 1. The van der Waals surface area contributed by atoms with Gasteiger partial charge in [0.2, 0.25) is 11.8 Å². The molecule has 0 atom stereocenters. The van der Waals surface area contributed by atoms with Gasteiger partial charge < -0.3 is 10.6 Å². The summed E-state index contributed by atoms with van der Waals surface area (Å²) < 4.78 is 13.0. The summed E-state index contributed by atoms with van der Waals surface area (Å²) in [5.41, 5.74) is 1.33. The van der Waals surface area contributed by atoms with E-state index in [1.54, 1.807) is 36.4 Å². The Balaban J connectivity index is 1.41. The molecule has 2 heterocycles. The molecule has 152 valence electrons. The Morgan fingerprint density at radius 2 is 1.80 bits per heavy atom. The van der Waals surface area contributed by atoms with Crippen molar-refractivity contribution in [1.29, 1.82) is 0 Å². The van der Waals surface area contributed by atoms with E-state index in [0.717, 1.165) is 10.3 Å². The number of aromatic nitrogens is 2. The first kappa shape index (κ1) is 20.1. The normalized spacial score (nSPS) is 10.9. The van der Waals surface area contributed by atoms with Crippen LogP contribution in [0.15, 0.2) is 54.6 Å². The molecule has 0 radical (unpaired) electrons. The first-order chi connectivity index (χ1) is 14.5. The molecule has 4 aromatic rings. The molecule has 0 saturated heterocycles. The van der Waals surface area contributed by atoms with Crippen molar-refractivity contribution >= 4 is 56.5 Å². The van der Waals surface area contributed by atoms with E-state index >= 15 is 0 Å². The molecule has 30 heavy (non-hydrogen) atoms. The van der Waals surface area contributed by atoms with Gasteiger partial charge in [0.25, 0.3) is 0 Å². The number of rotatable bonds is 6. The molecule has 0 aliphatic carbocycles. The number of amides is 2. The minimum absolute atomic E-state index is 0.111. The van der Waals surface area contributed by atoms with E-state index in [-0.39, 0.29) is 30.5 Å². The van der Waals surface area contributed by atoms with Gasteiger partial charge in [0.05, 0.1) is 18.2 Å². The van der Waals surface area contributed by atoms with Crippen LogP contribution in [0.1, 0.15) is 10.4 Å². The number of anilines is 2. The van der Waals surface area contributed by atoms with E-state index in [0.29, 0.717) is 26.9 Å². The van der Waals surface area contributed by atoms with Gasteiger partial charge in [0.1, 0.15) is 16.5 Å². The van der Waals surface area contributed by atoms with Crippen LogP contribution in [0.5, 0.6) is 0 Å². The van der Waals surface area contributed by atoms with E-state index in [9.17, 15) is 14.0 Å². The number of nitrogens with one attached hydrogen (secondary N) is 3. The number of hydrogen-bond acceptors (Lipinski definition) is 4. The maximum absolute atomic E-state index is 13.0. The molecule has 0 saturated carbocycles. The summed E-state index contributed by atoms with van der Waals surface area (Å²) in [6, 6.07) is 14.5. The van der Waals surface area contributed by atoms with Gasteiger partial charge in [-0.2, -0.15) is 5.10 Å². The summed E-state index contributed by atoms with van der Waals surface area (Å²) in [5.74, 6) is -0.305. The second-order valence-electron chi connectivity index (χ2n) is 6.62. The SMILES string of the molecule is O=C(Cc1cc2c(NC(=O)Cc3ccc(F)cc3)[nH]nc2s1)Nc1cccc(Cl)c1. The van der Waals surface area contributed by atoms with Gasteiger partial charge in [-0.25, -0.2) is 4.39 Å². The molecule has 0 spiro atoms. The van der Waals surface area contributed by atoms with Gasteiger partial charge in [-0.15, -0.1) is 11.3 Å². The van der Waals surface area contributed by atoms with E-state index in [4.69, 9.17) is 11.6 Å². The van der Waals surface area contributed by atoms with Gasteiger partial charge in [-0.1, -0.05) is 29.8 Å². The van der Waals surface area contributed by atoms with Gasteiger partial charge in [0, 0.05) is 15.6 Å². The van der Waals surface area contributed by atoms with Crippen LogP contribution in [0.4, 0.5) is 15.9 Å². The third-order valence-electron chi connectivity index (χ3n) is 4.29. The standard InChI is InChI=1S/C21H16ClFN4O2S/c22-13-2-1-3-15(9-13)24-19(29)11-16-10-17-20(26-27-21(17)30-16)25-18(28)8-12-4-6-14(23)7-5-12/h1-7,9-10H,8,11H2,(H,24,29)(H2,25,26,27,28). The first-order valence-electron chi connectivity index (χ1n) is 9.03. The fourth-order valence-corrected chi connectivity index (χ4v) is 4.12. The highest BCUT2D eigenvalue weighted by atomic mass is 35.5. The van der Waals surface area contributed by atoms with Crippen LogP contribution in [-0.4, -0.2) is 22.0 Å². The molecular formula is C21H16ClFN4O2S. The lowest BCUT2D eigenvalue weighted by Crippen LogP contribution is -2.15. The molecule has 9 heteroatoms. The Labute approximate surface area is 180 Å².